The van der Waals surface area contributed by atoms with E-state index >= 15 is 0 Å². The zero-order valence-corrected chi connectivity index (χ0v) is 12.6. The average molecular weight is 283 g/mol. The van der Waals surface area contributed by atoms with Crippen LogP contribution in [0.15, 0.2) is 24.3 Å². The standard InChI is InChI=1S/C17H21N3O/c1-12(2)20-15-6-7-16(20)11-19(10-15)17(21)14-5-3-4-13(8-14)9-18/h3-5,8,12,15-16H,6-7,10-11H2,1-2H3/t15-,16-/m0/s1. The van der Waals surface area contributed by atoms with E-state index in [4.69, 9.17) is 5.26 Å². The first-order valence-electron chi connectivity index (χ1n) is 7.67. The molecule has 0 aliphatic carbocycles. The highest BCUT2D eigenvalue weighted by atomic mass is 16.2. The van der Waals surface area contributed by atoms with Crippen molar-refractivity contribution in [2.24, 2.45) is 0 Å². The molecule has 0 radical (unpaired) electrons. The van der Waals surface area contributed by atoms with Gasteiger partial charge in [0.05, 0.1) is 11.6 Å². The maximum absolute atomic E-state index is 12.7. The van der Waals surface area contributed by atoms with Crippen LogP contribution in [-0.2, 0) is 0 Å². The molecular weight excluding hydrogens is 262 g/mol. The largest absolute Gasteiger partial charge is 0.336 e. The van der Waals surface area contributed by atoms with Gasteiger partial charge in [0.15, 0.2) is 0 Å². The summed E-state index contributed by atoms with van der Waals surface area (Å²) in [6.45, 7) is 6.09. The summed E-state index contributed by atoms with van der Waals surface area (Å²) in [5.74, 6) is 0.0624. The number of carbonyl (C=O) groups is 1. The number of benzene rings is 1. The number of likely N-dealkylation sites (tertiary alicyclic amines) is 1. The average Bonchev–Trinajstić information content (AvgIpc) is 2.77. The molecule has 4 heteroatoms. The van der Waals surface area contributed by atoms with Crippen LogP contribution in [0.5, 0.6) is 0 Å². The Hall–Kier alpha value is -1.86. The minimum atomic E-state index is 0.0624. The first-order valence-corrected chi connectivity index (χ1v) is 7.67. The first-order chi connectivity index (χ1) is 10.1. The van der Waals surface area contributed by atoms with Crippen LogP contribution in [0.4, 0.5) is 0 Å². The van der Waals surface area contributed by atoms with Crippen molar-refractivity contribution in [2.45, 2.75) is 44.8 Å². The minimum Gasteiger partial charge on any atom is -0.336 e. The Kier molecular flexibility index (Phi) is 3.69. The molecule has 2 bridgehead atoms. The molecule has 0 saturated carbocycles. The van der Waals surface area contributed by atoms with Gasteiger partial charge in [-0.05, 0) is 44.9 Å². The maximum Gasteiger partial charge on any atom is 0.254 e. The van der Waals surface area contributed by atoms with Gasteiger partial charge in [0.25, 0.3) is 5.91 Å². The van der Waals surface area contributed by atoms with Crippen molar-refractivity contribution < 1.29 is 4.79 Å². The number of carbonyl (C=O) groups excluding carboxylic acids is 1. The molecule has 2 saturated heterocycles. The zero-order chi connectivity index (χ0) is 15.0. The van der Waals surface area contributed by atoms with Gasteiger partial charge in [0.1, 0.15) is 0 Å². The van der Waals surface area contributed by atoms with E-state index in [0.29, 0.717) is 29.3 Å². The van der Waals surface area contributed by atoms with Crippen LogP contribution in [0, 0.1) is 11.3 Å². The van der Waals surface area contributed by atoms with Crippen molar-refractivity contribution in [3.63, 3.8) is 0 Å². The van der Waals surface area contributed by atoms with E-state index in [1.54, 1.807) is 24.3 Å². The Morgan fingerprint density at radius 1 is 1.29 bits per heavy atom. The van der Waals surface area contributed by atoms with E-state index in [1.807, 2.05) is 4.90 Å². The number of hydrogen-bond acceptors (Lipinski definition) is 3. The first kappa shape index (κ1) is 14.1. The number of fused-ring (bicyclic) bond motifs is 2. The molecule has 0 unspecified atom stereocenters. The van der Waals surface area contributed by atoms with Crippen molar-refractivity contribution in [2.75, 3.05) is 13.1 Å². The molecule has 21 heavy (non-hydrogen) atoms. The van der Waals surface area contributed by atoms with Gasteiger partial charge >= 0.3 is 0 Å². The Balaban J connectivity index is 1.77. The second kappa shape index (κ2) is 5.50. The predicted molar refractivity (Wildman–Crippen MR) is 80.8 cm³/mol. The highest BCUT2D eigenvalue weighted by molar-refractivity contribution is 5.94. The lowest BCUT2D eigenvalue weighted by Crippen LogP contribution is -2.57. The topological polar surface area (TPSA) is 47.3 Å². The van der Waals surface area contributed by atoms with E-state index in [0.717, 1.165) is 13.1 Å². The summed E-state index contributed by atoms with van der Waals surface area (Å²) in [4.78, 5) is 17.2. The van der Waals surface area contributed by atoms with E-state index < -0.39 is 0 Å². The summed E-state index contributed by atoms with van der Waals surface area (Å²) in [6.07, 6.45) is 2.37. The van der Waals surface area contributed by atoms with Crippen molar-refractivity contribution in [1.82, 2.24) is 9.80 Å². The molecule has 1 amide bonds. The summed E-state index contributed by atoms with van der Waals surface area (Å²) < 4.78 is 0. The van der Waals surface area contributed by atoms with E-state index in [9.17, 15) is 4.79 Å². The summed E-state index contributed by atoms with van der Waals surface area (Å²) in [5, 5.41) is 8.96. The van der Waals surface area contributed by atoms with Crippen molar-refractivity contribution in [3.05, 3.63) is 35.4 Å². The van der Waals surface area contributed by atoms with Gasteiger partial charge in [-0.15, -0.1) is 0 Å². The molecule has 1 aromatic rings. The van der Waals surface area contributed by atoms with Gasteiger partial charge < -0.3 is 4.90 Å². The molecule has 2 aliphatic heterocycles. The highest BCUT2D eigenvalue weighted by Crippen LogP contribution is 2.32. The fourth-order valence-corrected chi connectivity index (χ4v) is 3.85. The van der Waals surface area contributed by atoms with Crippen LogP contribution in [0.2, 0.25) is 0 Å². The number of nitrogens with zero attached hydrogens (tertiary/aromatic N) is 3. The molecule has 0 aromatic heterocycles. The zero-order valence-electron chi connectivity index (χ0n) is 12.6. The summed E-state index contributed by atoms with van der Waals surface area (Å²) in [7, 11) is 0. The second-order valence-electron chi connectivity index (χ2n) is 6.33. The van der Waals surface area contributed by atoms with Crippen LogP contribution >= 0.6 is 0 Å². The maximum atomic E-state index is 12.7. The Bertz CT molecular complexity index is 576. The molecule has 3 rings (SSSR count). The van der Waals surface area contributed by atoms with Crippen LogP contribution < -0.4 is 0 Å². The quantitative estimate of drug-likeness (QED) is 0.836. The SMILES string of the molecule is CC(C)N1[C@H]2CC[C@H]1CN(C(=O)c1cccc(C#N)c1)C2. The van der Waals surface area contributed by atoms with Gasteiger partial charge in [-0.25, -0.2) is 0 Å². The van der Waals surface area contributed by atoms with Gasteiger partial charge in [0.2, 0.25) is 0 Å². The van der Waals surface area contributed by atoms with Crippen LogP contribution in [0.3, 0.4) is 0 Å². The molecule has 0 spiro atoms. The normalized spacial score (nSPS) is 25.1. The van der Waals surface area contributed by atoms with Gasteiger partial charge in [-0.2, -0.15) is 5.26 Å². The molecule has 1 aromatic carbocycles. The molecule has 2 fully saturated rings. The molecule has 2 atom stereocenters. The molecule has 0 N–H and O–H groups in total. The lowest BCUT2D eigenvalue weighted by molar-refractivity contribution is 0.0338. The third kappa shape index (κ3) is 2.54. The second-order valence-corrected chi connectivity index (χ2v) is 6.33. The monoisotopic (exact) mass is 283 g/mol. The molecule has 110 valence electrons. The fourth-order valence-electron chi connectivity index (χ4n) is 3.85. The molecular formula is C17H21N3O. The lowest BCUT2D eigenvalue weighted by Gasteiger charge is -2.43. The van der Waals surface area contributed by atoms with Crippen LogP contribution in [0.1, 0.15) is 42.6 Å². The number of hydrogen-bond donors (Lipinski definition) is 0. The minimum absolute atomic E-state index is 0.0624. The number of nitriles is 1. The van der Waals surface area contributed by atoms with Crippen LogP contribution in [-0.4, -0.2) is 46.9 Å². The smallest absolute Gasteiger partial charge is 0.254 e. The Morgan fingerprint density at radius 3 is 2.52 bits per heavy atom. The van der Waals surface area contributed by atoms with E-state index in [1.165, 1.54) is 12.8 Å². The molecule has 2 aliphatic rings. The summed E-state index contributed by atoms with van der Waals surface area (Å²) >= 11 is 0. The van der Waals surface area contributed by atoms with Gasteiger partial charge in [-0.3, -0.25) is 9.69 Å². The number of rotatable bonds is 2. The van der Waals surface area contributed by atoms with Crippen molar-refractivity contribution >= 4 is 5.91 Å². The van der Waals surface area contributed by atoms with Crippen molar-refractivity contribution in [1.29, 1.82) is 5.26 Å². The summed E-state index contributed by atoms with van der Waals surface area (Å²) in [5.41, 5.74) is 1.18. The van der Waals surface area contributed by atoms with E-state index in [2.05, 4.69) is 24.8 Å². The molecule has 4 nitrogen and oxygen atoms in total. The molecule has 2 heterocycles. The summed E-state index contributed by atoms with van der Waals surface area (Å²) in [6, 6.07) is 10.6. The fraction of sp³-hybridized carbons (Fsp3) is 0.529. The third-order valence-corrected chi connectivity index (χ3v) is 4.66. The van der Waals surface area contributed by atoms with E-state index in [-0.39, 0.29) is 5.91 Å². The number of piperazine rings is 1. The highest BCUT2D eigenvalue weighted by Gasteiger charge is 2.42. The predicted octanol–water partition coefficient (Wildman–Crippen LogP) is 2.26. The third-order valence-electron chi connectivity index (χ3n) is 4.66. The number of amides is 1. The van der Waals surface area contributed by atoms with Gasteiger partial charge in [-0.1, -0.05) is 6.07 Å². The Morgan fingerprint density at radius 2 is 1.95 bits per heavy atom. The lowest BCUT2D eigenvalue weighted by atomic mass is 10.1. The van der Waals surface area contributed by atoms with Crippen molar-refractivity contribution in [3.8, 4) is 6.07 Å². The van der Waals surface area contributed by atoms with Gasteiger partial charge in [0, 0.05) is 36.8 Å². The Labute approximate surface area is 126 Å². The van der Waals surface area contributed by atoms with Crippen LogP contribution in [0.25, 0.3) is 0 Å².